The van der Waals surface area contributed by atoms with Crippen LogP contribution in [0, 0.1) is 13.8 Å². The van der Waals surface area contributed by atoms with E-state index in [4.69, 9.17) is 9.72 Å². The summed E-state index contributed by atoms with van der Waals surface area (Å²) in [7, 11) is 1.52. The zero-order valence-electron chi connectivity index (χ0n) is 22.7. The molecule has 1 unspecified atom stereocenters. The smallest absolute Gasteiger partial charge is 0.385 e. The van der Waals surface area contributed by atoms with E-state index >= 15 is 0 Å². The number of ether oxygens (including phenoxy) is 1. The molecular formula is C30H31F3N4O3. The van der Waals surface area contributed by atoms with Gasteiger partial charge in [0.25, 0.3) is 5.56 Å². The SMILES string of the molecule is COCCCN(C(=O)Nc1ccccc1C(F)(F)F)C(C)c1nc2ccccc2c(=O)n1-c1ccc(C)cc1C. The summed E-state index contributed by atoms with van der Waals surface area (Å²) < 4.78 is 47.6. The number of carbonyl (C=O) groups excluding carboxylic acids is 1. The Kier molecular flexibility index (Phi) is 8.58. The number of para-hydroxylation sites is 2. The van der Waals surface area contributed by atoms with Crippen molar-refractivity contribution in [1.82, 2.24) is 14.5 Å². The average molecular weight is 553 g/mol. The molecule has 0 radical (unpaired) electrons. The normalized spacial score (nSPS) is 12.4. The number of aryl methyl sites for hydroxylation is 2. The number of hydrogen-bond donors (Lipinski definition) is 1. The predicted molar refractivity (Wildman–Crippen MR) is 149 cm³/mol. The molecule has 7 nitrogen and oxygen atoms in total. The molecule has 4 aromatic rings. The van der Waals surface area contributed by atoms with Gasteiger partial charge in [-0.15, -0.1) is 0 Å². The lowest BCUT2D eigenvalue weighted by atomic mass is 10.1. The number of aromatic nitrogens is 2. The van der Waals surface area contributed by atoms with Crippen molar-refractivity contribution in [3.8, 4) is 5.69 Å². The van der Waals surface area contributed by atoms with Crippen LogP contribution in [0.3, 0.4) is 0 Å². The van der Waals surface area contributed by atoms with Crippen molar-refractivity contribution in [1.29, 1.82) is 0 Å². The molecule has 0 aliphatic heterocycles. The Labute approximate surface area is 230 Å². The van der Waals surface area contributed by atoms with Gasteiger partial charge in [0.2, 0.25) is 0 Å². The maximum absolute atomic E-state index is 13.8. The fourth-order valence-electron chi connectivity index (χ4n) is 4.74. The van der Waals surface area contributed by atoms with E-state index in [1.807, 2.05) is 32.0 Å². The molecule has 3 aromatic carbocycles. The van der Waals surface area contributed by atoms with Gasteiger partial charge in [-0.3, -0.25) is 9.36 Å². The molecule has 10 heteroatoms. The van der Waals surface area contributed by atoms with Gasteiger partial charge in [0.05, 0.1) is 33.9 Å². The quantitative estimate of drug-likeness (QED) is 0.248. The number of anilines is 1. The van der Waals surface area contributed by atoms with E-state index in [-0.39, 0.29) is 23.6 Å². The van der Waals surface area contributed by atoms with E-state index in [9.17, 15) is 22.8 Å². The second-order valence-electron chi connectivity index (χ2n) is 9.61. The summed E-state index contributed by atoms with van der Waals surface area (Å²) >= 11 is 0. The number of nitrogens with one attached hydrogen (secondary N) is 1. The van der Waals surface area contributed by atoms with Crippen LogP contribution in [0.4, 0.5) is 23.7 Å². The molecule has 1 atom stereocenters. The molecule has 0 spiro atoms. The van der Waals surface area contributed by atoms with Crippen molar-refractivity contribution in [2.24, 2.45) is 0 Å². The van der Waals surface area contributed by atoms with Gasteiger partial charge in [-0.25, -0.2) is 9.78 Å². The van der Waals surface area contributed by atoms with Crippen LogP contribution in [0.5, 0.6) is 0 Å². The number of rotatable bonds is 8. The molecule has 2 amide bonds. The number of halogens is 3. The second-order valence-corrected chi connectivity index (χ2v) is 9.61. The Morgan fingerprint density at radius 2 is 1.77 bits per heavy atom. The zero-order valence-corrected chi connectivity index (χ0v) is 22.7. The van der Waals surface area contributed by atoms with Crippen molar-refractivity contribution in [2.75, 3.05) is 25.6 Å². The Morgan fingerprint density at radius 1 is 1.07 bits per heavy atom. The van der Waals surface area contributed by atoms with Crippen molar-refractivity contribution in [2.45, 2.75) is 39.4 Å². The zero-order chi connectivity index (χ0) is 29.0. The number of alkyl halides is 3. The van der Waals surface area contributed by atoms with Gasteiger partial charge >= 0.3 is 12.2 Å². The number of carbonyl (C=O) groups is 1. The summed E-state index contributed by atoms with van der Waals surface area (Å²) in [4.78, 5) is 33.6. The molecule has 1 heterocycles. The van der Waals surface area contributed by atoms with E-state index in [0.29, 0.717) is 29.6 Å². The van der Waals surface area contributed by atoms with E-state index < -0.39 is 23.8 Å². The van der Waals surface area contributed by atoms with Crippen molar-refractivity contribution in [3.63, 3.8) is 0 Å². The first-order chi connectivity index (χ1) is 19.0. The third-order valence-electron chi connectivity index (χ3n) is 6.72. The Bertz CT molecular complexity index is 1580. The number of methoxy groups -OCH3 is 1. The van der Waals surface area contributed by atoms with Gasteiger partial charge < -0.3 is 15.0 Å². The average Bonchev–Trinajstić information content (AvgIpc) is 2.91. The third kappa shape index (κ3) is 6.02. The Balaban J connectivity index is 1.85. The summed E-state index contributed by atoms with van der Waals surface area (Å²) in [5, 5.41) is 2.85. The van der Waals surface area contributed by atoms with E-state index in [0.717, 1.165) is 17.2 Å². The summed E-state index contributed by atoms with van der Waals surface area (Å²) in [6.07, 6.45) is -4.24. The number of nitrogens with zero attached hydrogens (tertiary/aromatic N) is 3. The van der Waals surface area contributed by atoms with Gasteiger partial charge in [-0.05, 0) is 63.1 Å². The molecule has 0 aliphatic carbocycles. The summed E-state index contributed by atoms with van der Waals surface area (Å²) in [5.41, 5.74) is 1.29. The van der Waals surface area contributed by atoms with Crippen LogP contribution in [-0.4, -0.2) is 40.7 Å². The lowest BCUT2D eigenvalue weighted by Crippen LogP contribution is -2.41. The van der Waals surface area contributed by atoms with Crippen LogP contribution in [0.2, 0.25) is 0 Å². The van der Waals surface area contributed by atoms with Crippen LogP contribution < -0.4 is 10.9 Å². The highest BCUT2D eigenvalue weighted by Gasteiger charge is 2.35. The fraction of sp³-hybridized carbons (Fsp3) is 0.300. The van der Waals surface area contributed by atoms with Crippen LogP contribution in [0.25, 0.3) is 16.6 Å². The minimum absolute atomic E-state index is 0.143. The van der Waals surface area contributed by atoms with E-state index in [1.54, 1.807) is 31.2 Å². The summed E-state index contributed by atoms with van der Waals surface area (Å²) in [5.74, 6) is 0.285. The monoisotopic (exact) mass is 552 g/mol. The lowest BCUT2D eigenvalue weighted by Gasteiger charge is -2.31. The number of amides is 2. The van der Waals surface area contributed by atoms with Crippen molar-refractivity contribution < 1.29 is 22.7 Å². The molecule has 1 aromatic heterocycles. The van der Waals surface area contributed by atoms with Gasteiger partial charge in [0.1, 0.15) is 5.82 Å². The largest absolute Gasteiger partial charge is 0.418 e. The second kappa shape index (κ2) is 11.9. The first-order valence-electron chi connectivity index (χ1n) is 12.8. The van der Waals surface area contributed by atoms with E-state index in [1.165, 1.54) is 34.8 Å². The number of hydrogen-bond acceptors (Lipinski definition) is 4. The minimum atomic E-state index is -4.65. The topological polar surface area (TPSA) is 76.5 Å². The van der Waals surface area contributed by atoms with Crippen LogP contribution in [0.1, 0.15) is 41.9 Å². The molecule has 0 saturated heterocycles. The number of fused-ring (bicyclic) bond motifs is 1. The Hall–Kier alpha value is -4.18. The summed E-state index contributed by atoms with van der Waals surface area (Å²) in [6, 6.07) is 15.8. The molecule has 1 N–H and O–H groups in total. The standard InChI is InChI=1S/C30H31F3N4O3/c1-19-14-15-26(20(2)18-19)37-27(34-24-12-7-5-10-22(24)28(37)38)21(3)36(16-9-17-40-4)29(39)35-25-13-8-6-11-23(25)30(31,32)33/h5-8,10-15,18,21H,9,16-17H2,1-4H3,(H,35,39). The lowest BCUT2D eigenvalue weighted by molar-refractivity contribution is -0.136. The van der Waals surface area contributed by atoms with Crippen molar-refractivity contribution in [3.05, 3.63) is 99.6 Å². The first kappa shape index (κ1) is 28.8. The molecule has 4 rings (SSSR count). The highest BCUT2D eigenvalue weighted by molar-refractivity contribution is 5.90. The van der Waals surface area contributed by atoms with Crippen LogP contribution in [-0.2, 0) is 10.9 Å². The highest BCUT2D eigenvalue weighted by atomic mass is 19.4. The highest BCUT2D eigenvalue weighted by Crippen LogP contribution is 2.35. The summed E-state index contributed by atoms with van der Waals surface area (Å²) in [6.45, 7) is 6.01. The van der Waals surface area contributed by atoms with Gasteiger partial charge in [-0.1, -0.05) is 42.0 Å². The minimum Gasteiger partial charge on any atom is -0.385 e. The molecule has 210 valence electrons. The molecule has 40 heavy (non-hydrogen) atoms. The Morgan fingerprint density at radius 3 is 2.48 bits per heavy atom. The fourth-order valence-corrected chi connectivity index (χ4v) is 4.74. The number of urea groups is 1. The molecule has 0 bridgehead atoms. The maximum atomic E-state index is 13.8. The van der Waals surface area contributed by atoms with Crippen molar-refractivity contribution >= 4 is 22.6 Å². The van der Waals surface area contributed by atoms with Gasteiger partial charge in [0, 0.05) is 20.3 Å². The van der Waals surface area contributed by atoms with Gasteiger partial charge in [-0.2, -0.15) is 13.2 Å². The maximum Gasteiger partial charge on any atom is 0.418 e. The van der Waals surface area contributed by atoms with Crippen LogP contribution >= 0.6 is 0 Å². The predicted octanol–water partition coefficient (Wildman–Crippen LogP) is 6.65. The van der Waals surface area contributed by atoms with Crippen LogP contribution in [0.15, 0.2) is 71.5 Å². The molecular weight excluding hydrogens is 521 g/mol. The number of benzene rings is 3. The van der Waals surface area contributed by atoms with E-state index in [2.05, 4.69) is 5.32 Å². The third-order valence-corrected chi connectivity index (χ3v) is 6.72. The molecule has 0 aliphatic rings. The molecule has 0 saturated carbocycles. The first-order valence-corrected chi connectivity index (χ1v) is 12.8. The van der Waals surface area contributed by atoms with Gasteiger partial charge in [0.15, 0.2) is 0 Å². The molecule has 0 fully saturated rings.